The molecule has 0 spiro atoms. The maximum Gasteiger partial charge on any atom is 0.523 e. The first-order chi connectivity index (χ1) is 5.96. The Kier molecular flexibility index (Phi) is 4.11. The molecule has 0 aromatic rings. The highest BCUT2D eigenvalue weighted by Crippen LogP contribution is 2.34. The average Bonchev–Trinajstić information content (AvgIpc) is 1.80. The van der Waals surface area contributed by atoms with Crippen LogP contribution in [0.15, 0.2) is 0 Å². The van der Waals surface area contributed by atoms with E-state index in [1.54, 1.807) is 0 Å². The van der Waals surface area contributed by atoms with Crippen molar-refractivity contribution >= 4 is 17.7 Å². The zero-order chi connectivity index (χ0) is 11.6. The molecule has 0 heterocycles. The summed E-state index contributed by atoms with van der Waals surface area (Å²) in [5.41, 5.74) is -5.58. The molecular weight excluding hydrogens is 252 g/mol. The van der Waals surface area contributed by atoms with Gasteiger partial charge in [0, 0.05) is 0 Å². The molecule has 0 saturated carbocycles. The molecule has 2 N–H and O–H groups in total. The second-order valence-electron chi connectivity index (χ2n) is 2.11. The van der Waals surface area contributed by atoms with Gasteiger partial charge in [0.1, 0.15) is 0 Å². The van der Waals surface area contributed by atoms with E-state index in [1.807, 2.05) is 0 Å². The van der Waals surface area contributed by atoms with E-state index < -0.39 is 36.0 Å². The van der Waals surface area contributed by atoms with E-state index in [2.05, 4.69) is 4.18 Å². The first-order valence-electron chi connectivity index (χ1n) is 2.96. The molecular formula is C3H6F3O6PS. The Morgan fingerprint density at radius 1 is 1.29 bits per heavy atom. The van der Waals surface area contributed by atoms with E-state index in [0.29, 0.717) is 0 Å². The second kappa shape index (κ2) is 4.15. The third-order valence-corrected chi connectivity index (χ3v) is 2.71. The van der Waals surface area contributed by atoms with Crippen molar-refractivity contribution in [2.24, 2.45) is 0 Å². The fourth-order valence-electron chi connectivity index (χ4n) is 0.333. The number of halogens is 3. The van der Waals surface area contributed by atoms with E-state index in [9.17, 15) is 26.2 Å². The van der Waals surface area contributed by atoms with Crippen molar-refractivity contribution in [3.05, 3.63) is 0 Å². The maximum atomic E-state index is 11.5. The molecule has 0 unspecified atom stereocenters. The quantitative estimate of drug-likeness (QED) is 0.419. The van der Waals surface area contributed by atoms with Crippen LogP contribution in [0.3, 0.4) is 0 Å². The van der Waals surface area contributed by atoms with E-state index in [4.69, 9.17) is 9.79 Å². The summed E-state index contributed by atoms with van der Waals surface area (Å²) < 4.78 is 68.3. The lowest BCUT2D eigenvalue weighted by Gasteiger charge is -2.08. The number of hydrogen-bond donors (Lipinski definition) is 2. The lowest BCUT2D eigenvalue weighted by Crippen LogP contribution is -2.26. The summed E-state index contributed by atoms with van der Waals surface area (Å²) in [5, 5.41) is 0. The number of rotatable bonds is 4. The van der Waals surface area contributed by atoms with Crippen molar-refractivity contribution in [3.63, 3.8) is 0 Å². The van der Waals surface area contributed by atoms with Crippen LogP contribution in [0.25, 0.3) is 0 Å². The van der Waals surface area contributed by atoms with Crippen LogP contribution in [-0.4, -0.2) is 36.5 Å². The first-order valence-corrected chi connectivity index (χ1v) is 6.16. The topological polar surface area (TPSA) is 101 Å². The molecule has 0 amide bonds. The van der Waals surface area contributed by atoms with E-state index in [-0.39, 0.29) is 0 Å². The molecule has 0 fully saturated rings. The first kappa shape index (κ1) is 13.8. The van der Waals surface area contributed by atoms with Crippen molar-refractivity contribution in [3.8, 4) is 0 Å². The van der Waals surface area contributed by atoms with Gasteiger partial charge in [-0.2, -0.15) is 21.6 Å². The largest absolute Gasteiger partial charge is 0.523 e. The Balaban J connectivity index is 4.24. The Labute approximate surface area is 77.0 Å². The molecule has 0 aliphatic rings. The monoisotopic (exact) mass is 258 g/mol. The van der Waals surface area contributed by atoms with Gasteiger partial charge < -0.3 is 9.79 Å². The lowest BCUT2D eigenvalue weighted by atomic mass is 10.9. The molecule has 0 rings (SSSR count). The van der Waals surface area contributed by atoms with Gasteiger partial charge in [-0.1, -0.05) is 0 Å². The highest BCUT2D eigenvalue weighted by atomic mass is 32.2. The van der Waals surface area contributed by atoms with Crippen LogP contribution in [0.1, 0.15) is 0 Å². The maximum absolute atomic E-state index is 11.5. The van der Waals surface area contributed by atoms with Gasteiger partial charge in [0.05, 0.1) is 12.8 Å². The van der Waals surface area contributed by atoms with Crippen LogP contribution in [0.4, 0.5) is 13.2 Å². The smallest absolute Gasteiger partial charge is 0.324 e. The molecule has 0 aromatic heterocycles. The summed E-state index contributed by atoms with van der Waals surface area (Å²) in [7, 11) is -10.3. The van der Waals surface area contributed by atoms with Crippen molar-refractivity contribution in [2.75, 3.05) is 12.8 Å². The predicted molar refractivity (Wildman–Crippen MR) is 37.8 cm³/mol. The third-order valence-electron chi connectivity index (χ3n) is 0.905. The fraction of sp³-hybridized carbons (Fsp3) is 1.00. The molecule has 0 bridgehead atoms. The molecule has 14 heavy (non-hydrogen) atoms. The summed E-state index contributed by atoms with van der Waals surface area (Å²) in [5.74, 6) is 0. The minimum absolute atomic E-state index is 1.09. The van der Waals surface area contributed by atoms with Gasteiger partial charge >= 0.3 is 23.2 Å². The Morgan fingerprint density at radius 3 is 2.00 bits per heavy atom. The molecule has 0 radical (unpaired) electrons. The molecule has 0 aromatic carbocycles. The fourth-order valence-corrected chi connectivity index (χ4v) is 1.22. The molecule has 11 heteroatoms. The lowest BCUT2D eigenvalue weighted by molar-refractivity contribution is -0.0539. The zero-order valence-electron chi connectivity index (χ0n) is 6.43. The van der Waals surface area contributed by atoms with Crippen molar-refractivity contribution < 1.29 is 40.1 Å². The average molecular weight is 258 g/mol. The van der Waals surface area contributed by atoms with Crippen molar-refractivity contribution in [1.82, 2.24) is 0 Å². The molecule has 0 atom stereocenters. The van der Waals surface area contributed by atoms with E-state index in [0.717, 1.165) is 0 Å². The number of hydrogen-bond acceptors (Lipinski definition) is 4. The van der Waals surface area contributed by atoms with Gasteiger partial charge in [0.25, 0.3) is 0 Å². The van der Waals surface area contributed by atoms with Gasteiger partial charge in [-0.3, -0.25) is 8.75 Å². The van der Waals surface area contributed by atoms with Crippen LogP contribution >= 0.6 is 7.60 Å². The molecule has 86 valence electrons. The van der Waals surface area contributed by atoms with E-state index in [1.165, 1.54) is 0 Å². The summed E-state index contributed by atoms with van der Waals surface area (Å²) >= 11 is 0. The SMILES string of the molecule is O=P(O)(O)CCOS(=O)(=O)C(F)(F)F. The van der Waals surface area contributed by atoms with Gasteiger partial charge in [-0.25, -0.2) is 0 Å². The molecule has 0 aliphatic carbocycles. The van der Waals surface area contributed by atoms with Crippen molar-refractivity contribution in [1.29, 1.82) is 0 Å². The van der Waals surface area contributed by atoms with Crippen molar-refractivity contribution in [2.45, 2.75) is 5.51 Å². The summed E-state index contributed by atoms with van der Waals surface area (Å²) in [6, 6.07) is 0. The van der Waals surface area contributed by atoms with Crippen LogP contribution in [0.2, 0.25) is 0 Å². The van der Waals surface area contributed by atoms with Crippen LogP contribution in [0.5, 0.6) is 0 Å². The minimum atomic E-state index is -5.76. The Morgan fingerprint density at radius 2 is 1.71 bits per heavy atom. The van der Waals surface area contributed by atoms with Gasteiger partial charge in [0.2, 0.25) is 0 Å². The Bertz CT molecular complexity index is 327. The molecule has 0 saturated heterocycles. The molecule has 6 nitrogen and oxygen atoms in total. The molecule has 0 aliphatic heterocycles. The normalized spacial score (nSPS) is 14.4. The number of alkyl halides is 3. The van der Waals surface area contributed by atoms with E-state index >= 15 is 0 Å². The second-order valence-corrected chi connectivity index (χ2v) is 5.49. The minimum Gasteiger partial charge on any atom is -0.324 e. The van der Waals surface area contributed by atoms with Crippen LogP contribution < -0.4 is 0 Å². The standard InChI is InChI=1S/C3H6F3O6PS/c4-3(5,6)14(10,11)12-1-2-13(7,8)9/h1-2H2,(H2,7,8,9). The summed E-state index contributed by atoms with van der Waals surface area (Å²) in [6.45, 7) is -1.22. The summed E-state index contributed by atoms with van der Waals surface area (Å²) in [4.78, 5) is 16.3. The predicted octanol–water partition coefficient (Wildman–Crippen LogP) is 0.0303. The highest BCUT2D eigenvalue weighted by Gasteiger charge is 2.47. The third kappa shape index (κ3) is 4.91. The van der Waals surface area contributed by atoms with Gasteiger partial charge in [0.15, 0.2) is 0 Å². The summed E-state index contributed by atoms with van der Waals surface area (Å²) in [6.07, 6.45) is -1.09. The zero-order valence-corrected chi connectivity index (χ0v) is 8.14. The Hall–Kier alpha value is -0.150. The van der Waals surface area contributed by atoms with Crippen LogP contribution in [0, 0.1) is 0 Å². The highest BCUT2D eigenvalue weighted by molar-refractivity contribution is 7.87. The van der Waals surface area contributed by atoms with Crippen LogP contribution in [-0.2, 0) is 18.9 Å². The van der Waals surface area contributed by atoms with Gasteiger partial charge in [-0.15, -0.1) is 0 Å². The van der Waals surface area contributed by atoms with Gasteiger partial charge in [-0.05, 0) is 0 Å².